The van der Waals surface area contributed by atoms with Crippen LogP contribution < -0.4 is 0 Å². The van der Waals surface area contributed by atoms with Crippen LogP contribution in [-0.2, 0) is 9.53 Å². The van der Waals surface area contributed by atoms with Crippen molar-refractivity contribution in [3.8, 4) is 0 Å². The first-order valence-electron chi connectivity index (χ1n) is 3.07. The third-order valence-corrected chi connectivity index (χ3v) is 1.52. The molecule has 1 atom stereocenters. The first-order chi connectivity index (χ1) is 4.22. The Kier molecular flexibility index (Phi) is 4.58. The molecule has 0 unspecified atom stereocenters. The molecule has 0 spiro atoms. The van der Waals surface area contributed by atoms with Gasteiger partial charge in [-0.25, -0.2) is 0 Å². The molecule has 0 bridgehead atoms. The van der Waals surface area contributed by atoms with Crippen LogP contribution in [0.3, 0.4) is 0 Å². The Morgan fingerprint density at radius 1 is 1.67 bits per heavy atom. The Morgan fingerprint density at radius 2 is 2.22 bits per heavy atom. The highest BCUT2D eigenvalue weighted by Gasteiger charge is 2.10. The summed E-state index contributed by atoms with van der Waals surface area (Å²) in [5.74, 6) is -0.219. The van der Waals surface area contributed by atoms with Gasteiger partial charge in [0.1, 0.15) is 0 Å². The molecule has 0 saturated heterocycles. The molecule has 0 N–H and O–H groups in total. The lowest BCUT2D eigenvalue weighted by atomic mass is 10.3. The third-order valence-electron chi connectivity index (χ3n) is 0.945. The van der Waals surface area contributed by atoms with Gasteiger partial charge in [-0.1, -0.05) is 6.92 Å². The fraction of sp³-hybridized carbons (Fsp3) is 0.833. The van der Waals surface area contributed by atoms with E-state index in [1.54, 1.807) is 6.92 Å². The summed E-state index contributed by atoms with van der Waals surface area (Å²) in [6, 6.07) is 0. The van der Waals surface area contributed by atoms with E-state index in [9.17, 15) is 4.79 Å². The number of ether oxygens (including phenoxy) is 1. The molecule has 9 heavy (non-hydrogen) atoms. The van der Waals surface area contributed by atoms with Gasteiger partial charge in [0, 0.05) is 0 Å². The van der Waals surface area contributed by atoms with Crippen molar-refractivity contribution in [2.24, 2.45) is 0 Å². The van der Waals surface area contributed by atoms with Crippen LogP contribution in [0.15, 0.2) is 0 Å². The molecule has 0 aromatic heterocycles. The Bertz CT molecular complexity index is 93.1. The highest BCUT2D eigenvalue weighted by atomic mass is 32.1. The lowest BCUT2D eigenvalue weighted by molar-refractivity contribution is -0.142. The lowest BCUT2D eigenvalue weighted by Crippen LogP contribution is -2.16. The molecule has 0 aliphatic heterocycles. The van der Waals surface area contributed by atoms with E-state index in [0.717, 1.165) is 6.42 Å². The normalized spacial score (nSPS) is 12.8. The number of hydrogen-bond acceptors (Lipinski definition) is 3. The van der Waals surface area contributed by atoms with Crippen molar-refractivity contribution >= 4 is 18.6 Å². The Balaban J connectivity index is 3.46. The van der Waals surface area contributed by atoms with Crippen molar-refractivity contribution in [1.82, 2.24) is 0 Å². The standard InChI is InChI=1S/C6H12O2S/c1-3-5(9)6(7)8-4-2/h5,9H,3-4H2,1-2H3/t5-/m0/s1. The maximum atomic E-state index is 10.7. The molecule has 0 aliphatic rings. The quantitative estimate of drug-likeness (QED) is 0.481. The van der Waals surface area contributed by atoms with Gasteiger partial charge in [0.15, 0.2) is 0 Å². The predicted molar refractivity (Wildman–Crippen MR) is 39.7 cm³/mol. The van der Waals surface area contributed by atoms with Gasteiger partial charge in [0.25, 0.3) is 0 Å². The first kappa shape index (κ1) is 8.82. The maximum Gasteiger partial charge on any atom is 0.318 e. The van der Waals surface area contributed by atoms with E-state index in [0.29, 0.717) is 6.61 Å². The molecule has 0 aromatic rings. The van der Waals surface area contributed by atoms with Crippen molar-refractivity contribution in [2.45, 2.75) is 25.5 Å². The fourth-order valence-electron chi connectivity index (χ4n) is 0.405. The Morgan fingerprint density at radius 3 is 2.56 bits per heavy atom. The largest absolute Gasteiger partial charge is 0.465 e. The zero-order chi connectivity index (χ0) is 7.28. The van der Waals surface area contributed by atoms with Crippen molar-refractivity contribution in [1.29, 1.82) is 0 Å². The molecule has 3 heteroatoms. The smallest absolute Gasteiger partial charge is 0.318 e. The van der Waals surface area contributed by atoms with E-state index in [4.69, 9.17) is 0 Å². The minimum absolute atomic E-state index is 0.219. The lowest BCUT2D eigenvalue weighted by Gasteiger charge is -2.04. The third kappa shape index (κ3) is 3.40. The monoisotopic (exact) mass is 148 g/mol. The van der Waals surface area contributed by atoms with Crippen LogP contribution >= 0.6 is 12.6 Å². The summed E-state index contributed by atoms with van der Waals surface area (Å²) in [7, 11) is 0. The fourth-order valence-corrected chi connectivity index (χ4v) is 0.480. The van der Waals surface area contributed by atoms with Crippen LogP contribution in [0.25, 0.3) is 0 Å². The molecular formula is C6H12O2S. The van der Waals surface area contributed by atoms with Crippen molar-refractivity contribution in [3.05, 3.63) is 0 Å². The molecule has 0 heterocycles. The van der Waals surface area contributed by atoms with Gasteiger partial charge in [-0.2, -0.15) is 12.6 Å². The van der Waals surface area contributed by atoms with Crippen LogP contribution in [0.1, 0.15) is 20.3 Å². The van der Waals surface area contributed by atoms with Crippen LogP contribution in [-0.4, -0.2) is 17.8 Å². The van der Waals surface area contributed by atoms with Gasteiger partial charge >= 0.3 is 5.97 Å². The van der Waals surface area contributed by atoms with Crippen LogP contribution in [0, 0.1) is 0 Å². The minimum atomic E-state index is -0.245. The topological polar surface area (TPSA) is 26.3 Å². The molecule has 2 nitrogen and oxygen atoms in total. The number of rotatable bonds is 3. The molecule has 0 fully saturated rings. The van der Waals surface area contributed by atoms with Gasteiger partial charge in [0.05, 0.1) is 11.9 Å². The highest BCUT2D eigenvalue weighted by molar-refractivity contribution is 7.81. The summed E-state index contributed by atoms with van der Waals surface area (Å²) in [5, 5.41) is -0.245. The van der Waals surface area contributed by atoms with Crippen LogP contribution in [0.2, 0.25) is 0 Å². The molecule has 54 valence electrons. The maximum absolute atomic E-state index is 10.7. The summed E-state index contributed by atoms with van der Waals surface area (Å²) in [6.07, 6.45) is 0.724. The highest BCUT2D eigenvalue weighted by Crippen LogP contribution is 2.01. The van der Waals surface area contributed by atoms with E-state index in [1.807, 2.05) is 6.92 Å². The van der Waals surface area contributed by atoms with E-state index >= 15 is 0 Å². The summed E-state index contributed by atoms with van der Waals surface area (Å²) in [4.78, 5) is 10.7. The second-order valence-corrected chi connectivity index (χ2v) is 2.30. The number of carbonyl (C=O) groups is 1. The van der Waals surface area contributed by atoms with Gasteiger partial charge < -0.3 is 4.74 Å². The molecule has 0 radical (unpaired) electrons. The molecule has 0 aliphatic carbocycles. The van der Waals surface area contributed by atoms with E-state index in [2.05, 4.69) is 17.4 Å². The van der Waals surface area contributed by atoms with E-state index in [1.165, 1.54) is 0 Å². The number of hydrogen-bond donors (Lipinski definition) is 1. The first-order valence-corrected chi connectivity index (χ1v) is 3.58. The average Bonchev–Trinajstić information content (AvgIpc) is 1.87. The minimum Gasteiger partial charge on any atom is -0.465 e. The van der Waals surface area contributed by atoms with E-state index in [-0.39, 0.29) is 11.2 Å². The van der Waals surface area contributed by atoms with Crippen LogP contribution in [0.4, 0.5) is 0 Å². The number of thiol groups is 1. The van der Waals surface area contributed by atoms with Crippen molar-refractivity contribution < 1.29 is 9.53 Å². The van der Waals surface area contributed by atoms with Crippen LogP contribution in [0.5, 0.6) is 0 Å². The summed E-state index contributed by atoms with van der Waals surface area (Å²) in [6.45, 7) is 4.12. The zero-order valence-electron chi connectivity index (χ0n) is 5.76. The van der Waals surface area contributed by atoms with Crippen molar-refractivity contribution in [2.75, 3.05) is 6.61 Å². The second-order valence-electron chi connectivity index (χ2n) is 1.68. The summed E-state index contributed by atoms with van der Waals surface area (Å²) in [5.41, 5.74) is 0. The van der Waals surface area contributed by atoms with Gasteiger partial charge in [-0.05, 0) is 13.3 Å². The summed E-state index contributed by atoms with van der Waals surface area (Å²) >= 11 is 3.98. The molecular weight excluding hydrogens is 136 g/mol. The number of esters is 1. The Labute approximate surface area is 61.0 Å². The zero-order valence-corrected chi connectivity index (χ0v) is 6.65. The summed E-state index contributed by atoms with van der Waals surface area (Å²) < 4.78 is 4.68. The number of carbonyl (C=O) groups excluding carboxylic acids is 1. The molecule has 0 rings (SSSR count). The molecule has 0 aromatic carbocycles. The second kappa shape index (κ2) is 4.68. The Hall–Kier alpha value is -0.180. The predicted octanol–water partition coefficient (Wildman–Crippen LogP) is 1.26. The van der Waals surface area contributed by atoms with E-state index < -0.39 is 0 Å². The molecule has 0 amide bonds. The SMILES string of the molecule is CCOC(=O)[C@@H](S)CC. The van der Waals surface area contributed by atoms with Gasteiger partial charge in [-0.15, -0.1) is 0 Å². The van der Waals surface area contributed by atoms with Gasteiger partial charge in [0.2, 0.25) is 0 Å². The average molecular weight is 148 g/mol. The molecule has 0 saturated carbocycles. The van der Waals surface area contributed by atoms with Gasteiger partial charge in [-0.3, -0.25) is 4.79 Å². The van der Waals surface area contributed by atoms with Crippen molar-refractivity contribution in [3.63, 3.8) is 0 Å².